The lowest BCUT2D eigenvalue weighted by molar-refractivity contribution is 0.139. The lowest BCUT2D eigenvalue weighted by Crippen LogP contribution is -2.46. The van der Waals surface area contributed by atoms with Gasteiger partial charge >= 0.3 is 0 Å². The van der Waals surface area contributed by atoms with Gasteiger partial charge in [-0.1, -0.05) is 6.92 Å². The summed E-state index contributed by atoms with van der Waals surface area (Å²) in [6.07, 6.45) is 5.55. The van der Waals surface area contributed by atoms with Crippen LogP contribution in [0.25, 0.3) is 10.9 Å². The van der Waals surface area contributed by atoms with E-state index >= 15 is 0 Å². The summed E-state index contributed by atoms with van der Waals surface area (Å²) in [5.74, 6) is 2.30. The Hall–Kier alpha value is -3.18. The molecule has 30 heavy (non-hydrogen) atoms. The summed E-state index contributed by atoms with van der Waals surface area (Å²) in [5, 5.41) is 24.1. The highest BCUT2D eigenvalue weighted by atomic mass is 15.2. The van der Waals surface area contributed by atoms with E-state index in [4.69, 9.17) is 10.2 Å². The number of anilines is 3. The highest BCUT2D eigenvalue weighted by molar-refractivity contribution is 5.91. The summed E-state index contributed by atoms with van der Waals surface area (Å²) in [6.45, 7) is 6.04. The fourth-order valence-corrected chi connectivity index (χ4v) is 4.20. The number of nitriles is 1. The number of aromatic nitrogens is 4. The number of fused-ring (bicyclic) bond motifs is 1. The first-order valence-corrected chi connectivity index (χ1v) is 10.6. The predicted octanol–water partition coefficient (Wildman–Crippen LogP) is 3.97. The minimum Gasteiger partial charge on any atom is -0.367 e. The highest BCUT2D eigenvalue weighted by Gasteiger charge is 2.27. The van der Waals surface area contributed by atoms with Gasteiger partial charge in [0.05, 0.1) is 11.6 Å². The van der Waals surface area contributed by atoms with Gasteiger partial charge in [-0.2, -0.15) is 10.4 Å². The summed E-state index contributed by atoms with van der Waals surface area (Å²) in [6, 6.07) is 11.0. The van der Waals surface area contributed by atoms with Gasteiger partial charge < -0.3 is 10.6 Å². The second-order valence-corrected chi connectivity index (χ2v) is 7.86. The summed E-state index contributed by atoms with van der Waals surface area (Å²) in [4.78, 5) is 11.8. The molecule has 0 spiro atoms. The van der Waals surface area contributed by atoms with Crippen molar-refractivity contribution in [3.8, 4) is 6.07 Å². The van der Waals surface area contributed by atoms with E-state index in [1.807, 2.05) is 25.1 Å². The van der Waals surface area contributed by atoms with E-state index in [1.54, 1.807) is 6.20 Å². The third-order valence-electron chi connectivity index (χ3n) is 5.72. The van der Waals surface area contributed by atoms with E-state index in [0.29, 0.717) is 24.3 Å². The molecule has 1 fully saturated rings. The number of H-pyrrole nitrogens is 1. The number of piperidine rings is 1. The van der Waals surface area contributed by atoms with Crippen LogP contribution in [0.5, 0.6) is 0 Å². The van der Waals surface area contributed by atoms with Gasteiger partial charge in [-0.05, 0) is 38.3 Å². The van der Waals surface area contributed by atoms with Crippen LogP contribution in [0.3, 0.4) is 0 Å². The molecule has 0 radical (unpaired) electrons. The van der Waals surface area contributed by atoms with Crippen LogP contribution < -0.4 is 10.6 Å². The summed E-state index contributed by atoms with van der Waals surface area (Å²) >= 11 is 0. The molecule has 1 aliphatic heterocycles. The zero-order chi connectivity index (χ0) is 20.9. The fraction of sp³-hybridized carbons (Fsp3) is 0.455. The first-order chi connectivity index (χ1) is 14.7. The summed E-state index contributed by atoms with van der Waals surface area (Å²) in [5.41, 5.74) is 1.88. The van der Waals surface area contributed by atoms with Crippen molar-refractivity contribution in [2.75, 3.05) is 23.7 Å². The van der Waals surface area contributed by atoms with E-state index in [0.717, 1.165) is 60.6 Å². The predicted molar refractivity (Wildman–Crippen MR) is 119 cm³/mol. The molecule has 3 aromatic rings. The Morgan fingerprint density at radius 1 is 1.33 bits per heavy atom. The Balaban J connectivity index is 1.55. The van der Waals surface area contributed by atoms with Crippen LogP contribution in [0.15, 0.2) is 30.5 Å². The molecule has 4 rings (SSSR count). The topological polar surface area (TPSA) is 106 Å². The summed E-state index contributed by atoms with van der Waals surface area (Å²) in [7, 11) is 0. The van der Waals surface area contributed by atoms with Gasteiger partial charge in [0.15, 0.2) is 5.82 Å². The number of aromatic amines is 1. The molecule has 156 valence electrons. The largest absolute Gasteiger partial charge is 0.367 e. The molecule has 3 aromatic heterocycles. The number of hydrogen-bond donors (Lipinski definition) is 3. The van der Waals surface area contributed by atoms with E-state index < -0.39 is 0 Å². The maximum Gasteiger partial charge on any atom is 0.153 e. The lowest BCUT2D eigenvalue weighted by atomic mass is 9.95. The quantitative estimate of drug-likeness (QED) is 0.547. The smallest absolute Gasteiger partial charge is 0.153 e. The molecule has 0 aromatic carbocycles. The molecule has 1 aliphatic rings. The normalized spacial score (nSPS) is 19.5. The molecule has 0 saturated carbocycles. The fourth-order valence-electron chi connectivity index (χ4n) is 4.20. The average molecular weight is 405 g/mol. The van der Waals surface area contributed by atoms with Crippen LogP contribution in [0, 0.1) is 18.3 Å². The number of rotatable bonds is 7. The number of hydrogen-bond acceptors (Lipinski definition) is 7. The minimum absolute atomic E-state index is 0.340. The minimum atomic E-state index is 0.340. The first-order valence-electron chi connectivity index (χ1n) is 10.6. The third kappa shape index (κ3) is 4.52. The van der Waals surface area contributed by atoms with E-state index in [9.17, 15) is 0 Å². The Labute approximate surface area is 176 Å². The molecular weight excluding hydrogens is 376 g/mol. The van der Waals surface area contributed by atoms with Crippen molar-refractivity contribution in [3.63, 3.8) is 0 Å². The molecule has 1 saturated heterocycles. The highest BCUT2D eigenvalue weighted by Crippen LogP contribution is 2.28. The van der Waals surface area contributed by atoms with Crippen LogP contribution in [-0.2, 0) is 0 Å². The van der Waals surface area contributed by atoms with Gasteiger partial charge in [0.1, 0.15) is 11.6 Å². The van der Waals surface area contributed by atoms with Gasteiger partial charge in [-0.15, -0.1) is 0 Å². The summed E-state index contributed by atoms with van der Waals surface area (Å²) < 4.78 is 0. The molecule has 8 nitrogen and oxygen atoms in total. The number of aryl methyl sites for hydroxylation is 1. The van der Waals surface area contributed by atoms with Crippen molar-refractivity contribution in [2.24, 2.45) is 0 Å². The SMILES string of the molecule is CC[C@H]1C[C@H](Nc2nc(Nc3cc(C)[nH]n3)cc3ncccc23)CCN1CCC#N. The standard InChI is InChI=1S/C22H28N8/c1-3-17-13-16(7-11-30(17)10-5-8-23)25-22-18-6-4-9-24-19(18)14-20(27-22)26-21-12-15(2)28-29-21/h4,6,9,12,14,16-17H,3,5,7,10-11,13H2,1-2H3,(H3,25,26,27,28,29)/t16-,17+/m1/s1. The molecule has 0 unspecified atom stereocenters. The molecule has 0 amide bonds. The van der Waals surface area contributed by atoms with Crippen molar-refractivity contribution >= 4 is 28.4 Å². The third-order valence-corrected chi connectivity index (χ3v) is 5.72. The Morgan fingerprint density at radius 3 is 3.00 bits per heavy atom. The van der Waals surface area contributed by atoms with Crippen LogP contribution >= 0.6 is 0 Å². The van der Waals surface area contributed by atoms with Crippen molar-refractivity contribution in [1.29, 1.82) is 5.26 Å². The van der Waals surface area contributed by atoms with Gasteiger partial charge in [0, 0.05) is 61.0 Å². The average Bonchev–Trinajstić information content (AvgIpc) is 3.17. The number of nitrogens with zero attached hydrogens (tertiary/aromatic N) is 5. The molecule has 0 aliphatic carbocycles. The molecule has 2 atom stereocenters. The van der Waals surface area contributed by atoms with E-state index in [-0.39, 0.29) is 0 Å². The monoisotopic (exact) mass is 404 g/mol. The van der Waals surface area contributed by atoms with Crippen LogP contribution in [-0.4, -0.2) is 50.2 Å². The molecule has 3 N–H and O–H groups in total. The number of pyridine rings is 2. The first kappa shape index (κ1) is 20.1. The maximum absolute atomic E-state index is 8.92. The number of likely N-dealkylation sites (tertiary alicyclic amines) is 1. The van der Waals surface area contributed by atoms with Crippen molar-refractivity contribution in [3.05, 3.63) is 36.2 Å². The van der Waals surface area contributed by atoms with Crippen molar-refractivity contribution in [2.45, 2.75) is 51.6 Å². The zero-order valence-electron chi connectivity index (χ0n) is 17.5. The number of nitrogens with one attached hydrogen (secondary N) is 3. The van der Waals surface area contributed by atoms with Gasteiger partial charge in [-0.25, -0.2) is 4.98 Å². The van der Waals surface area contributed by atoms with Crippen LogP contribution in [0.4, 0.5) is 17.5 Å². The zero-order valence-corrected chi connectivity index (χ0v) is 17.5. The maximum atomic E-state index is 8.92. The van der Waals surface area contributed by atoms with Gasteiger partial charge in [0.2, 0.25) is 0 Å². The Morgan fingerprint density at radius 2 is 2.23 bits per heavy atom. The lowest BCUT2D eigenvalue weighted by Gasteiger charge is -2.39. The van der Waals surface area contributed by atoms with E-state index in [1.165, 1.54) is 0 Å². The van der Waals surface area contributed by atoms with Crippen molar-refractivity contribution < 1.29 is 0 Å². The van der Waals surface area contributed by atoms with Crippen LogP contribution in [0.2, 0.25) is 0 Å². The molecule has 0 bridgehead atoms. The van der Waals surface area contributed by atoms with Crippen molar-refractivity contribution in [1.82, 2.24) is 25.1 Å². The van der Waals surface area contributed by atoms with Crippen LogP contribution in [0.1, 0.15) is 38.3 Å². The van der Waals surface area contributed by atoms with Gasteiger partial charge in [-0.3, -0.25) is 15.0 Å². The Bertz CT molecular complexity index is 1040. The second kappa shape index (κ2) is 9.09. The van der Waals surface area contributed by atoms with E-state index in [2.05, 4.69) is 49.8 Å². The second-order valence-electron chi connectivity index (χ2n) is 7.86. The Kier molecular flexibility index (Phi) is 6.10. The molecule has 8 heteroatoms. The molecular formula is C22H28N8. The molecule has 4 heterocycles. The van der Waals surface area contributed by atoms with Gasteiger partial charge in [0.25, 0.3) is 0 Å².